The van der Waals surface area contributed by atoms with Crippen LogP contribution in [0.4, 0.5) is 5.13 Å². The zero-order valence-electron chi connectivity index (χ0n) is 12.2. The highest BCUT2D eigenvalue weighted by Gasteiger charge is 2.24. The number of piperazine rings is 1. The molecule has 1 fully saturated rings. The molecule has 0 bridgehead atoms. The van der Waals surface area contributed by atoms with Gasteiger partial charge in [-0.25, -0.2) is 4.98 Å². The lowest BCUT2D eigenvalue weighted by Gasteiger charge is -2.34. The normalized spacial score (nSPS) is 15.3. The first-order valence-corrected chi connectivity index (χ1v) is 9.83. The number of halogens is 1. The minimum atomic E-state index is 0.146. The maximum atomic E-state index is 12.4. The number of carbonyl (C=O) groups excluding carboxylic acids is 1. The van der Waals surface area contributed by atoms with Gasteiger partial charge in [-0.15, -0.1) is 11.3 Å². The summed E-state index contributed by atoms with van der Waals surface area (Å²) < 4.78 is 2.26. The van der Waals surface area contributed by atoms with E-state index in [-0.39, 0.29) is 5.91 Å². The van der Waals surface area contributed by atoms with Gasteiger partial charge in [0.25, 0.3) is 5.91 Å². The molecule has 0 aliphatic carbocycles. The summed E-state index contributed by atoms with van der Waals surface area (Å²) >= 11 is 6.72. The standard InChI is InChI=1S/C16H14BrN3OS2/c17-11-3-4-12-14(10-11)23-16(18-12)20-7-5-19(6-8-20)15(21)13-2-1-9-22-13/h1-4,9-10H,5-8H2. The Morgan fingerprint density at radius 1 is 1.17 bits per heavy atom. The summed E-state index contributed by atoms with van der Waals surface area (Å²) in [6.07, 6.45) is 0. The van der Waals surface area contributed by atoms with Gasteiger partial charge in [-0.3, -0.25) is 4.79 Å². The summed E-state index contributed by atoms with van der Waals surface area (Å²) in [5.41, 5.74) is 1.03. The van der Waals surface area contributed by atoms with E-state index in [9.17, 15) is 4.79 Å². The van der Waals surface area contributed by atoms with Crippen LogP contribution in [0.2, 0.25) is 0 Å². The predicted octanol–water partition coefficient (Wildman–Crippen LogP) is 4.08. The van der Waals surface area contributed by atoms with E-state index in [0.717, 1.165) is 46.2 Å². The van der Waals surface area contributed by atoms with Gasteiger partial charge in [-0.2, -0.15) is 0 Å². The molecule has 4 rings (SSSR count). The van der Waals surface area contributed by atoms with Gasteiger partial charge in [0.05, 0.1) is 15.1 Å². The van der Waals surface area contributed by atoms with E-state index in [1.807, 2.05) is 34.5 Å². The van der Waals surface area contributed by atoms with Gasteiger partial charge >= 0.3 is 0 Å². The number of amides is 1. The van der Waals surface area contributed by atoms with Crippen LogP contribution >= 0.6 is 38.6 Å². The quantitative estimate of drug-likeness (QED) is 0.641. The number of thiophene rings is 1. The number of carbonyl (C=O) groups is 1. The molecule has 0 saturated carbocycles. The molecule has 3 aromatic rings. The number of thiazole rings is 1. The fourth-order valence-corrected chi connectivity index (χ4v) is 4.94. The number of benzene rings is 1. The SMILES string of the molecule is O=C(c1cccs1)N1CCN(c2nc3ccc(Br)cc3s2)CC1. The van der Waals surface area contributed by atoms with Crippen molar-refractivity contribution >= 4 is 59.9 Å². The Morgan fingerprint density at radius 3 is 2.74 bits per heavy atom. The number of hydrogen-bond acceptors (Lipinski definition) is 5. The lowest BCUT2D eigenvalue weighted by atomic mass is 10.3. The van der Waals surface area contributed by atoms with E-state index < -0.39 is 0 Å². The third-order valence-electron chi connectivity index (χ3n) is 3.91. The highest BCUT2D eigenvalue weighted by Crippen LogP contribution is 2.31. The number of nitrogens with zero attached hydrogens (tertiary/aromatic N) is 3. The minimum Gasteiger partial charge on any atom is -0.345 e. The molecule has 7 heteroatoms. The topological polar surface area (TPSA) is 36.4 Å². The van der Waals surface area contributed by atoms with Crippen LogP contribution in [0.15, 0.2) is 40.2 Å². The van der Waals surface area contributed by atoms with E-state index in [0.29, 0.717) is 0 Å². The van der Waals surface area contributed by atoms with Crippen molar-refractivity contribution in [3.05, 3.63) is 45.1 Å². The molecule has 1 saturated heterocycles. The summed E-state index contributed by atoms with van der Waals surface area (Å²) in [6.45, 7) is 3.16. The maximum absolute atomic E-state index is 12.4. The number of hydrogen-bond donors (Lipinski definition) is 0. The molecular weight excluding hydrogens is 394 g/mol. The number of fused-ring (bicyclic) bond motifs is 1. The Bertz CT molecular complexity index is 838. The van der Waals surface area contributed by atoms with Gasteiger partial charge in [0.2, 0.25) is 0 Å². The second kappa shape index (κ2) is 6.22. The third-order valence-corrected chi connectivity index (χ3v) is 6.34. The Labute approximate surface area is 150 Å². The molecule has 1 aromatic carbocycles. The van der Waals surface area contributed by atoms with E-state index in [4.69, 9.17) is 4.98 Å². The molecule has 0 N–H and O–H groups in total. The zero-order chi connectivity index (χ0) is 15.8. The summed E-state index contributed by atoms with van der Waals surface area (Å²) in [7, 11) is 0. The van der Waals surface area contributed by atoms with Crippen molar-refractivity contribution in [1.29, 1.82) is 0 Å². The minimum absolute atomic E-state index is 0.146. The fraction of sp³-hybridized carbons (Fsp3) is 0.250. The second-order valence-electron chi connectivity index (χ2n) is 5.37. The molecule has 0 radical (unpaired) electrons. The largest absolute Gasteiger partial charge is 0.345 e. The Kier molecular flexibility index (Phi) is 4.09. The zero-order valence-corrected chi connectivity index (χ0v) is 15.5. The fourth-order valence-electron chi connectivity index (χ4n) is 2.68. The molecule has 0 atom stereocenters. The van der Waals surface area contributed by atoms with Crippen molar-refractivity contribution in [2.75, 3.05) is 31.1 Å². The lowest BCUT2D eigenvalue weighted by molar-refractivity contribution is 0.0751. The van der Waals surface area contributed by atoms with Crippen LogP contribution in [0, 0.1) is 0 Å². The smallest absolute Gasteiger partial charge is 0.264 e. The van der Waals surface area contributed by atoms with Gasteiger partial charge < -0.3 is 9.80 Å². The molecule has 1 aliphatic rings. The number of anilines is 1. The van der Waals surface area contributed by atoms with E-state index in [1.54, 1.807) is 11.3 Å². The molecule has 0 spiro atoms. The van der Waals surface area contributed by atoms with Crippen molar-refractivity contribution < 1.29 is 4.79 Å². The molecule has 23 heavy (non-hydrogen) atoms. The van der Waals surface area contributed by atoms with Crippen LogP contribution in [0.5, 0.6) is 0 Å². The summed E-state index contributed by atoms with van der Waals surface area (Å²) in [4.78, 5) is 22.1. The summed E-state index contributed by atoms with van der Waals surface area (Å²) in [5, 5.41) is 2.99. The van der Waals surface area contributed by atoms with Gasteiger partial charge in [-0.05, 0) is 29.6 Å². The molecule has 2 aromatic heterocycles. The van der Waals surface area contributed by atoms with Gasteiger partial charge in [-0.1, -0.05) is 33.3 Å². The Hall–Kier alpha value is -1.44. The van der Waals surface area contributed by atoms with E-state index >= 15 is 0 Å². The molecule has 0 unspecified atom stereocenters. The van der Waals surface area contributed by atoms with E-state index in [1.165, 1.54) is 16.0 Å². The third kappa shape index (κ3) is 3.00. The number of rotatable bonds is 2. The first-order chi connectivity index (χ1) is 11.2. The molecule has 1 amide bonds. The van der Waals surface area contributed by atoms with Crippen molar-refractivity contribution in [2.24, 2.45) is 0 Å². The summed E-state index contributed by atoms with van der Waals surface area (Å²) in [6, 6.07) is 9.98. The van der Waals surface area contributed by atoms with Crippen LogP contribution in [0.1, 0.15) is 9.67 Å². The van der Waals surface area contributed by atoms with Gasteiger partial charge in [0, 0.05) is 30.7 Å². The Morgan fingerprint density at radius 2 is 2.00 bits per heavy atom. The molecule has 3 heterocycles. The first-order valence-electron chi connectivity index (χ1n) is 7.34. The average molecular weight is 408 g/mol. The monoisotopic (exact) mass is 407 g/mol. The summed E-state index contributed by atoms with van der Waals surface area (Å²) in [5.74, 6) is 0.146. The molecule has 118 valence electrons. The van der Waals surface area contributed by atoms with Crippen molar-refractivity contribution in [3.8, 4) is 0 Å². The van der Waals surface area contributed by atoms with Crippen molar-refractivity contribution in [2.45, 2.75) is 0 Å². The van der Waals surface area contributed by atoms with Crippen molar-refractivity contribution in [3.63, 3.8) is 0 Å². The van der Waals surface area contributed by atoms with Gasteiger partial charge in [0.15, 0.2) is 5.13 Å². The predicted molar refractivity (Wildman–Crippen MR) is 99.8 cm³/mol. The Balaban J connectivity index is 1.47. The van der Waals surface area contributed by atoms with Crippen LogP contribution in [-0.2, 0) is 0 Å². The van der Waals surface area contributed by atoms with Crippen molar-refractivity contribution in [1.82, 2.24) is 9.88 Å². The van der Waals surface area contributed by atoms with Gasteiger partial charge in [0.1, 0.15) is 0 Å². The van der Waals surface area contributed by atoms with Crippen LogP contribution in [-0.4, -0.2) is 42.0 Å². The van der Waals surface area contributed by atoms with Crippen LogP contribution in [0.25, 0.3) is 10.2 Å². The van der Waals surface area contributed by atoms with Crippen LogP contribution in [0.3, 0.4) is 0 Å². The molecular formula is C16H14BrN3OS2. The second-order valence-corrected chi connectivity index (χ2v) is 8.24. The highest BCUT2D eigenvalue weighted by atomic mass is 79.9. The average Bonchev–Trinajstić information content (AvgIpc) is 3.23. The number of aromatic nitrogens is 1. The maximum Gasteiger partial charge on any atom is 0.264 e. The molecule has 1 aliphatic heterocycles. The lowest BCUT2D eigenvalue weighted by Crippen LogP contribution is -2.48. The highest BCUT2D eigenvalue weighted by molar-refractivity contribution is 9.10. The van der Waals surface area contributed by atoms with E-state index in [2.05, 4.69) is 26.9 Å². The first kappa shape index (κ1) is 15.1. The molecule has 4 nitrogen and oxygen atoms in total. The van der Waals surface area contributed by atoms with Crippen LogP contribution < -0.4 is 4.90 Å².